The third-order valence-electron chi connectivity index (χ3n) is 2.31. The minimum Gasteiger partial charge on any atom is -0.478 e. The van der Waals surface area contributed by atoms with Crippen LogP contribution in [0.3, 0.4) is 0 Å². The maximum atomic E-state index is 13.5. The molecule has 0 unspecified atom stereocenters. The van der Waals surface area contributed by atoms with Crippen molar-refractivity contribution in [3.05, 3.63) is 41.7 Å². The van der Waals surface area contributed by atoms with E-state index in [-0.39, 0.29) is 11.3 Å². The Hall–Kier alpha value is -2.37. The average Bonchev–Trinajstić information content (AvgIpc) is 2.30. The molecule has 1 aromatic carbocycles. The lowest BCUT2D eigenvalue weighted by atomic mass is 10.2. The number of amides is 2. The van der Waals surface area contributed by atoms with Gasteiger partial charge in [-0.2, -0.15) is 0 Å². The molecule has 0 spiro atoms. The number of benzene rings is 1. The summed E-state index contributed by atoms with van der Waals surface area (Å²) in [6.45, 7) is 5.75. The Kier molecular flexibility index (Phi) is 4.63. The topological polar surface area (TPSA) is 69.6 Å². The highest BCUT2D eigenvalue weighted by molar-refractivity contribution is 5.93. The maximum Gasteiger partial charge on any atom is 0.335 e. The Morgan fingerprint density at radius 3 is 2.63 bits per heavy atom. The molecule has 5 nitrogen and oxygen atoms in total. The van der Waals surface area contributed by atoms with Crippen molar-refractivity contribution in [1.29, 1.82) is 0 Å². The molecular formula is C13H15FN2O3. The SMILES string of the molecule is C=C(C)CN(C)C(=O)Nc1cc(C(=O)O)ccc1F. The molecule has 2 amide bonds. The van der Waals surface area contributed by atoms with Gasteiger partial charge in [-0.1, -0.05) is 12.2 Å². The van der Waals surface area contributed by atoms with E-state index in [4.69, 9.17) is 5.11 Å². The molecule has 0 bridgehead atoms. The van der Waals surface area contributed by atoms with E-state index >= 15 is 0 Å². The van der Waals surface area contributed by atoms with E-state index in [0.29, 0.717) is 6.54 Å². The van der Waals surface area contributed by atoms with Crippen molar-refractivity contribution in [2.75, 3.05) is 18.9 Å². The number of carboxylic acid groups (broad SMARTS) is 1. The molecule has 0 aliphatic carbocycles. The van der Waals surface area contributed by atoms with Crippen LogP contribution in [0.1, 0.15) is 17.3 Å². The summed E-state index contributed by atoms with van der Waals surface area (Å²) in [4.78, 5) is 23.8. The first-order valence-electron chi connectivity index (χ1n) is 5.50. The highest BCUT2D eigenvalue weighted by Gasteiger charge is 2.13. The van der Waals surface area contributed by atoms with Crippen LogP contribution in [-0.2, 0) is 0 Å². The van der Waals surface area contributed by atoms with Crippen LogP contribution >= 0.6 is 0 Å². The van der Waals surface area contributed by atoms with Gasteiger partial charge in [0.25, 0.3) is 0 Å². The predicted molar refractivity (Wildman–Crippen MR) is 69.8 cm³/mol. The largest absolute Gasteiger partial charge is 0.478 e. The van der Waals surface area contributed by atoms with Gasteiger partial charge in [0.1, 0.15) is 5.82 Å². The number of hydrogen-bond donors (Lipinski definition) is 2. The zero-order chi connectivity index (χ0) is 14.6. The third kappa shape index (κ3) is 4.09. The van der Waals surface area contributed by atoms with Crippen molar-refractivity contribution in [2.24, 2.45) is 0 Å². The van der Waals surface area contributed by atoms with Gasteiger partial charge in [-0.05, 0) is 25.1 Å². The summed E-state index contributed by atoms with van der Waals surface area (Å²) in [6, 6.07) is 2.66. The Bertz CT molecular complexity index is 529. The Morgan fingerprint density at radius 2 is 2.11 bits per heavy atom. The Morgan fingerprint density at radius 1 is 1.47 bits per heavy atom. The van der Waals surface area contributed by atoms with Crippen molar-refractivity contribution in [2.45, 2.75) is 6.92 Å². The van der Waals surface area contributed by atoms with E-state index < -0.39 is 17.8 Å². The number of nitrogens with one attached hydrogen (secondary N) is 1. The minimum atomic E-state index is -1.19. The number of halogens is 1. The molecule has 2 N–H and O–H groups in total. The Balaban J connectivity index is 2.86. The molecule has 19 heavy (non-hydrogen) atoms. The first kappa shape index (κ1) is 14.7. The van der Waals surface area contributed by atoms with Gasteiger partial charge >= 0.3 is 12.0 Å². The quantitative estimate of drug-likeness (QED) is 0.823. The molecule has 0 saturated carbocycles. The van der Waals surface area contributed by atoms with Crippen LogP contribution in [0.15, 0.2) is 30.4 Å². The van der Waals surface area contributed by atoms with Gasteiger partial charge in [0.15, 0.2) is 0 Å². The number of carbonyl (C=O) groups is 2. The molecule has 1 rings (SSSR count). The summed E-state index contributed by atoms with van der Waals surface area (Å²) in [7, 11) is 1.53. The van der Waals surface area contributed by atoms with Gasteiger partial charge < -0.3 is 15.3 Å². The van der Waals surface area contributed by atoms with Gasteiger partial charge in [-0.3, -0.25) is 0 Å². The van der Waals surface area contributed by atoms with Crippen LogP contribution in [0.2, 0.25) is 0 Å². The van der Waals surface area contributed by atoms with Crippen molar-refractivity contribution in [3.63, 3.8) is 0 Å². The van der Waals surface area contributed by atoms with E-state index in [0.717, 1.165) is 23.8 Å². The minimum absolute atomic E-state index is 0.0979. The van der Waals surface area contributed by atoms with E-state index in [1.807, 2.05) is 0 Å². The summed E-state index contributed by atoms with van der Waals surface area (Å²) < 4.78 is 13.5. The zero-order valence-electron chi connectivity index (χ0n) is 10.7. The van der Waals surface area contributed by atoms with Crippen LogP contribution in [0.4, 0.5) is 14.9 Å². The normalized spacial score (nSPS) is 9.84. The monoisotopic (exact) mass is 266 g/mol. The van der Waals surface area contributed by atoms with E-state index in [2.05, 4.69) is 11.9 Å². The van der Waals surface area contributed by atoms with E-state index in [9.17, 15) is 14.0 Å². The molecule has 0 heterocycles. The number of nitrogens with zero attached hydrogens (tertiary/aromatic N) is 1. The predicted octanol–water partition coefficient (Wildman–Crippen LogP) is 2.56. The van der Waals surface area contributed by atoms with Crippen molar-refractivity contribution in [3.8, 4) is 0 Å². The second kappa shape index (κ2) is 5.99. The molecule has 1 aromatic rings. The Labute approximate surface area is 110 Å². The first-order chi connectivity index (χ1) is 8.81. The van der Waals surface area contributed by atoms with Crippen LogP contribution < -0.4 is 5.32 Å². The molecule has 102 valence electrons. The van der Waals surface area contributed by atoms with Gasteiger partial charge in [0, 0.05) is 13.6 Å². The van der Waals surface area contributed by atoms with E-state index in [1.165, 1.54) is 11.9 Å². The average molecular weight is 266 g/mol. The maximum absolute atomic E-state index is 13.5. The highest BCUT2D eigenvalue weighted by Crippen LogP contribution is 2.16. The van der Waals surface area contributed by atoms with Gasteiger partial charge in [-0.25, -0.2) is 14.0 Å². The summed E-state index contributed by atoms with van der Waals surface area (Å²) in [5, 5.41) is 11.1. The lowest BCUT2D eigenvalue weighted by Crippen LogP contribution is -2.32. The first-order valence-corrected chi connectivity index (χ1v) is 5.50. The number of aromatic carboxylic acids is 1. The van der Waals surface area contributed by atoms with Crippen LogP contribution in [0, 0.1) is 5.82 Å². The van der Waals surface area contributed by atoms with Crippen LogP contribution in [0.5, 0.6) is 0 Å². The van der Waals surface area contributed by atoms with Crippen LogP contribution in [0.25, 0.3) is 0 Å². The molecule has 0 atom stereocenters. The molecule has 6 heteroatoms. The smallest absolute Gasteiger partial charge is 0.335 e. The van der Waals surface area contributed by atoms with Crippen molar-refractivity contribution < 1.29 is 19.1 Å². The number of likely N-dealkylation sites (N-methyl/N-ethyl adjacent to an activating group) is 1. The molecule has 0 fully saturated rings. The molecule has 0 saturated heterocycles. The van der Waals surface area contributed by atoms with Gasteiger partial charge in [0.05, 0.1) is 11.3 Å². The number of anilines is 1. The summed E-state index contributed by atoms with van der Waals surface area (Å²) >= 11 is 0. The summed E-state index contributed by atoms with van der Waals surface area (Å²) in [6.07, 6.45) is 0. The second-order valence-corrected chi connectivity index (χ2v) is 4.24. The van der Waals surface area contributed by atoms with Gasteiger partial charge in [-0.15, -0.1) is 0 Å². The number of carbonyl (C=O) groups excluding carboxylic acids is 1. The van der Waals surface area contributed by atoms with Crippen molar-refractivity contribution in [1.82, 2.24) is 4.90 Å². The van der Waals surface area contributed by atoms with Crippen LogP contribution in [-0.4, -0.2) is 35.6 Å². The molecular weight excluding hydrogens is 251 g/mol. The zero-order valence-corrected chi connectivity index (χ0v) is 10.7. The second-order valence-electron chi connectivity index (χ2n) is 4.24. The van der Waals surface area contributed by atoms with Gasteiger partial charge in [0.2, 0.25) is 0 Å². The number of hydrogen-bond acceptors (Lipinski definition) is 2. The molecule has 0 aromatic heterocycles. The highest BCUT2D eigenvalue weighted by atomic mass is 19.1. The standard InChI is InChI=1S/C13H15FN2O3/c1-8(2)7-16(3)13(19)15-11-6-9(12(17)18)4-5-10(11)14/h4-6H,1,7H2,2-3H3,(H,15,19)(H,17,18). The fourth-order valence-corrected chi connectivity index (χ4v) is 1.44. The molecule has 0 aliphatic rings. The third-order valence-corrected chi connectivity index (χ3v) is 2.31. The lowest BCUT2D eigenvalue weighted by molar-refractivity contribution is 0.0697. The summed E-state index contributed by atoms with van der Waals surface area (Å²) in [5.41, 5.74) is 0.509. The number of carboxylic acids is 1. The van der Waals surface area contributed by atoms with E-state index in [1.54, 1.807) is 6.92 Å². The molecule has 0 aliphatic heterocycles. The molecule has 0 radical (unpaired) electrons. The summed E-state index contributed by atoms with van der Waals surface area (Å²) in [5.74, 6) is -1.88. The van der Waals surface area contributed by atoms with Crippen molar-refractivity contribution >= 4 is 17.7 Å². The number of rotatable bonds is 4. The fourth-order valence-electron chi connectivity index (χ4n) is 1.44. The lowest BCUT2D eigenvalue weighted by Gasteiger charge is -2.18. The number of urea groups is 1. The fraction of sp³-hybridized carbons (Fsp3) is 0.231.